The van der Waals surface area contributed by atoms with Crippen molar-refractivity contribution in [2.75, 3.05) is 6.54 Å². The standard InChI is InChI=1S/C18H25F3N2O3S/c1-12(2)13(3)22-17(24)16-6-4-5-11-23(16)27(25,26)15-9-7-14(8-10-15)18(19,20)21/h7-10,12-13,16H,4-6,11H2,1-3H3,(H,22,24). The summed E-state index contributed by atoms with van der Waals surface area (Å²) in [6.07, 6.45) is -2.84. The van der Waals surface area contributed by atoms with E-state index >= 15 is 0 Å². The summed E-state index contributed by atoms with van der Waals surface area (Å²) in [6, 6.07) is 2.40. The van der Waals surface area contributed by atoms with Crippen LogP contribution in [0.2, 0.25) is 0 Å². The predicted molar refractivity (Wildman–Crippen MR) is 95.4 cm³/mol. The van der Waals surface area contributed by atoms with Gasteiger partial charge in [-0.2, -0.15) is 17.5 Å². The van der Waals surface area contributed by atoms with Gasteiger partial charge in [-0.05, 0) is 49.9 Å². The lowest BCUT2D eigenvalue weighted by Gasteiger charge is -2.34. The van der Waals surface area contributed by atoms with Crippen LogP contribution < -0.4 is 5.32 Å². The summed E-state index contributed by atoms with van der Waals surface area (Å²) in [5.74, 6) is -0.177. The van der Waals surface area contributed by atoms with Crippen LogP contribution in [-0.4, -0.2) is 37.3 Å². The van der Waals surface area contributed by atoms with Crippen LogP contribution in [0.4, 0.5) is 13.2 Å². The number of amides is 1. The predicted octanol–water partition coefficient (Wildman–Crippen LogP) is 3.41. The van der Waals surface area contributed by atoms with E-state index in [1.54, 1.807) is 0 Å². The maximum atomic E-state index is 12.9. The molecule has 1 aromatic carbocycles. The van der Waals surface area contributed by atoms with Crippen LogP contribution in [-0.2, 0) is 21.0 Å². The van der Waals surface area contributed by atoms with Gasteiger partial charge in [0.25, 0.3) is 0 Å². The smallest absolute Gasteiger partial charge is 0.352 e. The molecule has 0 radical (unpaired) electrons. The Hall–Kier alpha value is -1.61. The van der Waals surface area contributed by atoms with Crippen molar-refractivity contribution in [2.24, 2.45) is 5.92 Å². The fourth-order valence-corrected chi connectivity index (χ4v) is 4.55. The molecule has 152 valence electrons. The second-order valence-electron chi connectivity index (χ2n) is 7.19. The number of nitrogens with one attached hydrogen (secondary N) is 1. The summed E-state index contributed by atoms with van der Waals surface area (Å²) in [5.41, 5.74) is -0.917. The highest BCUT2D eigenvalue weighted by molar-refractivity contribution is 7.89. The molecular formula is C18H25F3N2O3S. The van der Waals surface area contributed by atoms with Gasteiger partial charge in [-0.1, -0.05) is 20.3 Å². The number of rotatable bonds is 5. The molecule has 1 aromatic rings. The van der Waals surface area contributed by atoms with E-state index in [0.29, 0.717) is 19.3 Å². The van der Waals surface area contributed by atoms with Gasteiger partial charge in [0.2, 0.25) is 15.9 Å². The number of carbonyl (C=O) groups excluding carboxylic acids is 1. The zero-order valence-corrected chi connectivity index (χ0v) is 16.4. The largest absolute Gasteiger partial charge is 0.416 e. The summed E-state index contributed by atoms with van der Waals surface area (Å²) in [7, 11) is -4.07. The van der Waals surface area contributed by atoms with Crippen molar-refractivity contribution in [1.82, 2.24) is 9.62 Å². The maximum Gasteiger partial charge on any atom is 0.416 e. The van der Waals surface area contributed by atoms with Gasteiger partial charge in [0, 0.05) is 12.6 Å². The van der Waals surface area contributed by atoms with E-state index in [1.807, 2.05) is 20.8 Å². The van der Waals surface area contributed by atoms with Crippen LogP contribution in [0.1, 0.15) is 45.6 Å². The van der Waals surface area contributed by atoms with Crippen LogP contribution >= 0.6 is 0 Å². The van der Waals surface area contributed by atoms with E-state index in [1.165, 1.54) is 0 Å². The molecular weight excluding hydrogens is 381 g/mol. The second-order valence-corrected chi connectivity index (χ2v) is 9.08. The normalized spacial score (nSPS) is 20.5. The molecule has 27 heavy (non-hydrogen) atoms. The van der Waals surface area contributed by atoms with E-state index < -0.39 is 27.8 Å². The van der Waals surface area contributed by atoms with Gasteiger partial charge in [-0.3, -0.25) is 4.79 Å². The average molecular weight is 406 g/mol. The number of halogens is 3. The summed E-state index contributed by atoms with van der Waals surface area (Å²) < 4.78 is 65.1. The van der Waals surface area contributed by atoms with Crippen LogP contribution in [0.5, 0.6) is 0 Å². The molecule has 2 rings (SSSR count). The zero-order valence-electron chi connectivity index (χ0n) is 15.6. The highest BCUT2D eigenvalue weighted by Crippen LogP contribution is 2.31. The Morgan fingerprint density at radius 3 is 2.26 bits per heavy atom. The lowest BCUT2D eigenvalue weighted by atomic mass is 10.0. The minimum Gasteiger partial charge on any atom is -0.352 e. The Bertz CT molecular complexity index is 761. The van der Waals surface area contributed by atoms with Crippen LogP contribution in [0.15, 0.2) is 29.2 Å². The molecule has 1 amide bonds. The molecule has 0 spiro atoms. The number of hydrogen-bond donors (Lipinski definition) is 1. The molecule has 1 fully saturated rings. The van der Waals surface area contributed by atoms with Crippen LogP contribution in [0, 0.1) is 5.92 Å². The van der Waals surface area contributed by atoms with E-state index in [-0.39, 0.29) is 29.3 Å². The van der Waals surface area contributed by atoms with Crippen LogP contribution in [0.25, 0.3) is 0 Å². The number of sulfonamides is 1. The molecule has 0 aliphatic carbocycles. The Morgan fingerprint density at radius 2 is 1.74 bits per heavy atom. The Labute approximate surface area is 158 Å². The van der Waals surface area contributed by atoms with Gasteiger partial charge in [-0.25, -0.2) is 8.42 Å². The van der Waals surface area contributed by atoms with Gasteiger partial charge in [0.1, 0.15) is 6.04 Å². The number of carbonyl (C=O) groups is 1. The molecule has 0 bridgehead atoms. The molecule has 1 aliphatic rings. The van der Waals surface area contributed by atoms with Crippen molar-refractivity contribution in [1.29, 1.82) is 0 Å². The lowest BCUT2D eigenvalue weighted by molar-refractivity contribution is -0.137. The molecule has 2 atom stereocenters. The molecule has 1 heterocycles. The average Bonchev–Trinajstić information content (AvgIpc) is 2.61. The molecule has 2 unspecified atom stereocenters. The topological polar surface area (TPSA) is 66.5 Å². The third-order valence-electron chi connectivity index (χ3n) is 4.91. The van der Waals surface area contributed by atoms with Crippen molar-refractivity contribution in [3.63, 3.8) is 0 Å². The number of benzene rings is 1. The van der Waals surface area contributed by atoms with E-state index in [9.17, 15) is 26.4 Å². The fourth-order valence-electron chi connectivity index (χ4n) is 2.89. The van der Waals surface area contributed by atoms with Crippen LogP contribution in [0.3, 0.4) is 0 Å². The first-order chi connectivity index (χ1) is 12.4. The summed E-state index contributed by atoms with van der Waals surface area (Å²) >= 11 is 0. The Morgan fingerprint density at radius 1 is 1.15 bits per heavy atom. The molecule has 1 saturated heterocycles. The maximum absolute atomic E-state index is 12.9. The Kier molecular flexibility index (Phi) is 6.57. The molecule has 5 nitrogen and oxygen atoms in total. The summed E-state index contributed by atoms with van der Waals surface area (Å²) in [4.78, 5) is 12.4. The second kappa shape index (κ2) is 8.18. The Balaban J connectivity index is 2.27. The first-order valence-electron chi connectivity index (χ1n) is 8.94. The molecule has 0 aromatic heterocycles. The van der Waals surface area contributed by atoms with Crippen molar-refractivity contribution >= 4 is 15.9 Å². The van der Waals surface area contributed by atoms with E-state index in [2.05, 4.69) is 5.32 Å². The van der Waals surface area contributed by atoms with Crippen molar-refractivity contribution in [3.8, 4) is 0 Å². The highest BCUT2D eigenvalue weighted by Gasteiger charge is 2.38. The van der Waals surface area contributed by atoms with Gasteiger partial charge in [0.05, 0.1) is 10.5 Å². The van der Waals surface area contributed by atoms with Gasteiger partial charge < -0.3 is 5.32 Å². The number of alkyl halides is 3. The van der Waals surface area contributed by atoms with Crippen molar-refractivity contribution in [2.45, 2.75) is 63.2 Å². The minimum absolute atomic E-state index is 0.116. The van der Waals surface area contributed by atoms with Gasteiger partial charge in [0.15, 0.2) is 0 Å². The SMILES string of the molecule is CC(C)C(C)NC(=O)C1CCCCN1S(=O)(=O)c1ccc(C(F)(F)F)cc1. The minimum atomic E-state index is -4.54. The quantitative estimate of drug-likeness (QED) is 0.815. The lowest BCUT2D eigenvalue weighted by Crippen LogP contribution is -2.53. The highest BCUT2D eigenvalue weighted by atomic mass is 32.2. The third kappa shape index (κ3) is 5.01. The van der Waals surface area contributed by atoms with E-state index in [0.717, 1.165) is 28.6 Å². The number of hydrogen-bond acceptors (Lipinski definition) is 3. The van der Waals surface area contributed by atoms with E-state index in [4.69, 9.17) is 0 Å². The van der Waals surface area contributed by atoms with Gasteiger partial charge >= 0.3 is 6.18 Å². The third-order valence-corrected chi connectivity index (χ3v) is 6.84. The van der Waals surface area contributed by atoms with Crippen molar-refractivity contribution < 1.29 is 26.4 Å². The number of piperidine rings is 1. The molecule has 0 saturated carbocycles. The summed E-state index contributed by atoms with van der Waals surface area (Å²) in [6.45, 7) is 5.91. The number of nitrogens with zero attached hydrogens (tertiary/aromatic N) is 1. The zero-order chi connectivity index (χ0) is 20.4. The molecule has 1 N–H and O–H groups in total. The first kappa shape index (κ1) is 21.7. The fraction of sp³-hybridized carbons (Fsp3) is 0.611. The first-order valence-corrected chi connectivity index (χ1v) is 10.4. The monoisotopic (exact) mass is 406 g/mol. The van der Waals surface area contributed by atoms with Gasteiger partial charge in [-0.15, -0.1) is 0 Å². The van der Waals surface area contributed by atoms with Crippen molar-refractivity contribution in [3.05, 3.63) is 29.8 Å². The summed E-state index contributed by atoms with van der Waals surface area (Å²) in [5, 5.41) is 2.84. The molecule has 9 heteroatoms. The molecule has 1 aliphatic heterocycles.